The summed E-state index contributed by atoms with van der Waals surface area (Å²) in [5.41, 5.74) is 3.42. The molecule has 0 aliphatic rings. The first kappa shape index (κ1) is 15.5. The van der Waals surface area contributed by atoms with Gasteiger partial charge in [0.25, 0.3) is 0 Å². The number of ether oxygens (including phenoxy) is 1. The molecule has 0 unspecified atom stereocenters. The van der Waals surface area contributed by atoms with E-state index in [4.69, 9.17) is 4.74 Å². The summed E-state index contributed by atoms with van der Waals surface area (Å²) in [6.07, 6.45) is 0. The summed E-state index contributed by atoms with van der Waals surface area (Å²) in [6.45, 7) is 10.3. The Hall–Kier alpha value is -1.87. The predicted molar refractivity (Wildman–Crippen MR) is 87.0 cm³/mol. The number of hydrogen-bond donors (Lipinski definition) is 1. The maximum atomic E-state index is 5.98. The lowest BCUT2D eigenvalue weighted by Crippen LogP contribution is -2.13. The molecule has 0 bridgehead atoms. The SMILES string of the molecule is CCNCc1ccc(Oc2ccccc2C(C)C)nc1C. The van der Waals surface area contributed by atoms with Crippen LogP contribution in [-0.2, 0) is 6.54 Å². The van der Waals surface area contributed by atoms with Crippen molar-refractivity contribution in [2.24, 2.45) is 0 Å². The molecule has 2 aromatic rings. The first-order valence-corrected chi connectivity index (χ1v) is 7.55. The van der Waals surface area contributed by atoms with Gasteiger partial charge in [0.15, 0.2) is 0 Å². The van der Waals surface area contributed by atoms with Gasteiger partial charge in [0.05, 0.1) is 0 Å². The van der Waals surface area contributed by atoms with Crippen LogP contribution < -0.4 is 10.1 Å². The summed E-state index contributed by atoms with van der Waals surface area (Å²) in [5.74, 6) is 1.97. The Morgan fingerprint density at radius 2 is 1.90 bits per heavy atom. The lowest BCUT2D eigenvalue weighted by molar-refractivity contribution is 0.452. The molecule has 1 aromatic carbocycles. The molecule has 1 heterocycles. The number of benzene rings is 1. The highest BCUT2D eigenvalue weighted by atomic mass is 16.5. The molecule has 0 spiro atoms. The number of pyridine rings is 1. The van der Waals surface area contributed by atoms with Crippen LogP contribution in [0.4, 0.5) is 0 Å². The van der Waals surface area contributed by atoms with Crippen molar-refractivity contribution < 1.29 is 4.74 Å². The van der Waals surface area contributed by atoms with E-state index in [1.807, 2.05) is 31.2 Å². The molecule has 0 saturated heterocycles. The Morgan fingerprint density at radius 1 is 1.14 bits per heavy atom. The van der Waals surface area contributed by atoms with Crippen molar-refractivity contribution in [1.82, 2.24) is 10.3 Å². The number of nitrogens with one attached hydrogen (secondary N) is 1. The Bertz CT molecular complexity index is 594. The number of para-hydroxylation sites is 1. The highest BCUT2D eigenvalue weighted by molar-refractivity contribution is 5.38. The van der Waals surface area contributed by atoms with Crippen LogP contribution in [0.3, 0.4) is 0 Å². The zero-order valence-corrected chi connectivity index (χ0v) is 13.3. The van der Waals surface area contributed by atoms with E-state index in [1.54, 1.807) is 0 Å². The summed E-state index contributed by atoms with van der Waals surface area (Å²) in [7, 11) is 0. The Morgan fingerprint density at radius 3 is 2.57 bits per heavy atom. The van der Waals surface area contributed by atoms with Crippen LogP contribution in [-0.4, -0.2) is 11.5 Å². The van der Waals surface area contributed by atoms with Gasteiger partial charge in [-0.15, -0.1) is 0 Å². The van der Waals surface area contributed by atoms with Gasteiger partial charge in [-0.05, 0) is 36.6 Å². The maximum absolute atomic E-state index is 5.98. The van der Waals surface area contributed by atoms with Crippen molar-refractivity contribution in [3.8, 4) is 11.6 Å². The molecule has 0 aliphatic heterocycles. The van der Waals surface area contributed by atoms with Crippen LogP contribution in [0.2, 0.25) is 0 Å². The Balaban J connectivity index is 2.19. The minimum Gasteiger partial charge on any atom is -0.439 e. The molecule has 0 atom stereocenters. The third-order valence-corrected chi connectivity index (χ3v) is 3.49. The van der Waals surface area contributed by atoms with Crippen LogP contribution in [0.15, 0.2) is 36.4 Å². The second-order valence-electron chi connectivity index (χ2n) is 5.47. The summed E-state index contributed by atoms with van der Waals surface area (Å²) in [6, 6.07) is 12.2. The number of hydrogen-bond acceptors (Lipinski definition) is 3. The zero-order chi connectivity index (χ0) is 15.2. The summed E-state index contributed by atoms with van der Waals surface area (Å²) >= 11 is 0. The minimum atomic E-state index is 0.426. The molecule has 112 valence electrons. The molecule has 0 aliphatic carbocycles. The fourth-order valence-electron chi connectivity index (χ4n) is 2.23. The average molecular weight is 284 g/mol. The molecule has 21 heavy (non-hydrogen) atoms. The van der Waals surface area contributed by atoms with E-state index in [2.05, 4.69) is 43.2 Å². The van der Waals surface area contributed by atoms with E-state index >= 15 is 0 Å². The summed E-state index contributed by atoms with van der Waals surface area (Å²) < 4.78 is 5.98. The van der Waals surface area contributed by atoms with Gasteiger partial charge in [-0.1, -0.05) is 45.0 Å². The normalized spacial score (nSPS) is 10.9. The van der Waals surface area contributed by atoms with Crippen molar-refractivity contribution in [1.29, 1.82) is 0 Å². The molecule has 3 nitrogen and oxygen atoms in total. The third-order valence-electron chi connectivity index (χ3n) is 3.49. The lowest BCUT2D eigenvalue weighted by atomic mass is 10.0. The van der Waals surface area contributed by atoms with Crippen LogP contribution in [0.1, 0.15) is 43.5 Å². The molecule has 3 heteroatoms. The highest BCUT2D eigenvalue weighted by Crippen LogP contribution is 2.29. The highest BCUT2D eigenvalue weighted by Gasteiger charge is 2.09. The predicted octanol–water partition coefficient (Wildman–Crippen LogP) is 4.42. The molecule has 0 radical (unpaired) electrons. The van der Waals surface area contributed by atoms with Crippen LogP contribution in [0, 0.1) is 6.92 Å². The van der Waals surface area contributed by atoms with Gasteiger partial charge in [0.2, 0.25) is 5.88 Å². The third kappa shape index (κ3) is 4.05. The van der Waals surface area contributed by atoms with Crippen molar-refractivity contribution in [2.45, 2.75) is 40.2 Å². The molecule has 1 aromatic heterocycles. The Kier molecular flexibility index (Phi) is 5.34. The van der Waals surface area contributed by atoms with E-state index in [-0.39, 0.29) is 0 Å². The molecule has 0 fully saturated rings. The van der Waals surface area contributed by atoms with E-state index in [0.717, 1.165) is 24.5 Å². The summed E-state index contributed by atoms with van der Waals surface area (Å²) in [5, 5.41) is 3.32. The number of nitrogens with zero attached hydrogens (tertiary/aromatic N) is 1. The molecule has 0 saturated carbocycles. The summed E-state index contributed by atoms with van der Waals surface area (Å²) in [4.78, 5) is 4.56. The maximum Gasteiger partial charge on any atom is 0.219 e. The smallest absolute Gasteiger partial charge is 0.219 e. The van der Waals surface area contributed by atoms with E-state index in [9.17, 15) is 0 Å². The van der Waals surface area contributed by atoms with Gasteiger partial charge < -0.3 is 10.1 Å². The van der Waals surface area contributed by atoms with Crippen LogP contribution >= 0.6 is 0 Å². The zero-order valence-electron chi connectivity index (χ0n) is 13.3. The molecular formula is C18H24N2O. The van der Waals surface area contributed by atoms with Crippen molar-refractivity contribution >= 4 is 0 Å². The van der Waals surface area contributed by atoms with Crippen molar-refractivity contribution in [2.75, 3.05) is 6.54 Å². The first-order valence-electron chi connectivity index (χ1n) is 7.55. The quantitative estimate of drug-likeness (QED) is 0.853. The molecule has 2 rings (SSSR count). The van der Waals surface area contributed by atoms with E-state index in [0.29, 0.717) is 11.8 Å². The average Bonchev–Trinajstić information content (AvgIpc) is 2.47. The minimum absolute atomic E-state index is 0.426. The van der Waals surface area contributed by atoms with E-state index in [1.165, 1.54) is 11.1 Å². The van der Waals surface area contributed by atoms with Gasteiger partial charge >= 0.3 is 0 Å². The number of aryl methyl sites for hydroxylation is 1. The Labute approximate surface area is 127 Å². The van der Waals surface area contributed by atoms with Gasteiger partial charge in [-0.3, -0.25) is 0 Å². The molecule has 0 amide bonds. The van der Waals surface area contributed by atoms with Crippen molar-refractivity contribution in [3.05, 3.63) is 53.2 Å². The fraction of sp³-hybridized carbons (Fsp3) is 0.389. The van der Waals surface area contributed by atoms with Gasteiger partial charge in [-0.2, -0.15) is 0 Å². The van der Waals surface area contributed by atoms with Crippen LogP contribution in [0.5, 0.6) is 11.6 Å². The van der Waals surface area contributed by atoms with Crippen molar-refractivity contribution in [3.63, 3.8) is 0 Å². The fourth-order valence-corrected chi connectivity index (χ4v) is 2.23. The monoisotopic (exact) mass is 284 g/mol. The number of rotatable bonds is 6. The van der Waals surface area contributed by atoms with E-state index < -0.39 is 0 Å². The van der Waals surface area contributed by atoms with Gasteiger partial charge in [-0.25, -0.2) is 4.98 Å². The molecule has 1 N–H and O–H groups in total. The second-order valence-corrected chi connectivity index (χ2v) is 5.47. The second kappa shape index (κ2) is 7.23. The van der Waals surface area contributed by atoms with Crippen LogP contribution in [0.25, 0.3) is 0 Å². The first-order chi connectivity index (χ1) is 10.1. The largest absolute Gasteiger partial charge is 0.439 e. The number of aromatic nitrogens is 1. The topological polar surface area (TPSA) is 34.1 Å². The van der Waals surface area contributed by atoms with Gasteiger partial charge in [0, 0.05) is 18.3 Å². The lowest BCUT2D eigenvalue weighted by Gasteiger charge is -2.14. The standard InChI is InChI=1S/C18H24N2O/c1-5-19-12-15-10-11-18(20-14(15)4)21-17-9-7-6-8-16(17)13(2)3/h6-11,13,19H,5,12H2,1-4H3. The molecular weight excluding hydrogens is 260 g/mol. The van der Waals surface area contributed by atoms with Gasteiger partial charge in [0.1, 0.15) is 5.75 Å².